The molecule has 1 amide bonds. The molecule has 9 heteroatoms. The van der Waals surface area contributed by atoms with E-state index in [1.807, 2.05) is 0 Å². The minimum atomic E-state index is -4.43. The molecule has 1 heterocycles. The summed E-state index contributed by atoms with van der Waals surface area (Å²) in [6.07, 6.45) is -2.45. The first-order valence-corrected chi connectivity index (χ1v) is 7.05. The van der Waals surface area contributed by atoms with Crippen LogP contribution in [0.5, 0.6) is 0 Å². The second-order valence-electron chi connectivity index (χ2n) is 5.00. The number of amides is 1. The van der Waals surface area contributed by atoms with Gasteiger partial charge in [0.15, 0.2) is 0 Å². The van der Waals surface area contributed by atoms with Crippen molar-refractivity contribution < 1.29 is 18.0 Å². The van der Waals surface area contributed by atoms with Crippen LogP contribution in [0.3, 0.4) is 0 Å². The Morgan fingerprint density at radius 2 is 2.08 bits per heavy atom. The van der Waals surface area contributed by atoms with Gasteiger partial charge in [-0.1, -0.05) is 6.07 Å². The SMILES string of the molecule is Cc1c(C(=O)NCCCN)cnn1-c1cccc(C(F)(F)F)c1.Cl. The second-order valence-corrected chi connectivity index (χ2v) is 5.00. The van der Waals surface area contributed by atoms with Crippen molar-refractivity contribution in [2.75, 3.05) is 13.1 Å². The number of alkyl halides is 3. The fourth-order valence-electron chi connectivity index (χ4n) is 2.11. The Labute approximate surface area is 143 Å². The molecule has 5 nitrogen and oxygen atoms in total. The molecule has 0 spiro atoms. The number of nitrogens with two attached hydrogens (primary N) is 1. The zero-order valence-corrected chi connectivity index (χ0v) is 13.7. The molecule has 0 aliphatic heterocycles. The van der Waals surface area contributed by atoms with Crippen LogP contribution in [-0.4, -0.2) is 28.8 Å². The zero-order chi connectivity index (χ0) is 17.0. The number of carbonyl (C=O) groups excluding carboxylic acids is 1. The van der Waals surface area contributed by atoms with Gasteiger partial charge >= 0.3 is 6.18 Å². The van der Waals surface area contributed by atoms with E-state index >= 15 is 0 Å². The highest BCUT2D eigenvalue weighted by Gasteiger charge is 2.30. The van der Waals surface area contributed by atoms with E-state index in [1.54, 1.807) is 6.92 Å². The van der Waals surface area contributed by atoms with Gasteiger partial charge in [-0.25, -0.2) is 4.68 Å². The van der Waals surface area contributed by atoms with E-state index in [-0.39, 0.29) is 24.0 Å². The molecule has 0 aliphatic rings. The highest BCUT2D eigenvalue weighted by molar-refractivity contribution is 5.95. The number of rotatable bonds is 5. The average molecular weight is 363 g/mol. The first-order chi connectivity index (χ1) is 10.8. The lowest BCUT2D eigenvalue weighted by atomic mass is 10.2. The summed E-state index contributed by atoms with van der Waals surface area (Å²) in [5.41, 5.74) is 5.62. The van der Waals surface area contributed by atoms with E-state index in [9.17, 15) is 18.0 Å². The summed E-state index contributed by atoms with van der Waals surface area (Å²) in [6, 6.07) is 4.80. The van der Waals surface area contributed by atoms with Crippen LogP contribution < -0.4 is 11.1 Å². The molecule has 0 saturated heterocycles. The van der Waals surface area contributed by atoms with Gasteiger partial charge in [-0.15, -0.1) is 12.4 Å². The van der Waals surface area contributed by atoms with Gasteiger partial charge < -0.3 is 11.1 Å². The lowest BCUT2D eigenvalue weighted by Crippen LogP contribution is -2.26. The minimum absolute atomic E-state index is 0. The molecule has 0 saturated carbocycles. The van der Waals surface area contributed by atoms with Gasteiger partial charge in [0, 0.05) is 6.54 Å². The predicted molar refractivity (Wildman–Crippen MR) is 86.6 cm³/mol. The minimum Gasteiger partial charge on any atom is -0.352 e. The summed E-state index contributed by atoms with van der Waals surface area (Å²) in [6.45, 7) is 2.53. The van der Waals surface area contributed by atoms with Crippen molar-refractivity contribution in [2.45, 2.75) is 19.5 Å². The van der Waals surface area contributed by atoms with Crippen molar-refractivity contribution in [2.24, 2.45) is 5.73 Å². The summed E-state index contributed by atoms with van der Waals surface area (Å²) in [5, 5.41) is 6.71. The number of nitrogens with zero attached hydrogens (tertiary/aromatic N) is 2. The number of hydrogen-bond acceptors (Lipinski definition) is 3. The Morgan fingerprint density at radius 1 is 1.38 bits per heavy atom. The van der Waals surface area contributed by atoms with Gasteiger partial charge in [0.1, 0.15) is 0 Å². The molecule has 0 aliphatic carbocycles. The summed E-state index contributed by atoms with van der Waals surface area (Å²) in [4.78, 5) is 12.0. The van der Waals surface area contributed by atoms with Crippen molar-refractivity contribution in [3.8, 4) is 5.69 Å². The second kappa shape index (κ2) is 8.16. The molecule has 0 radical (unpaired) electrons. The van der Waals surface area contributed by atoms with Crippen LogP contribution in [0.2, 0.25) is 0 Å². The molecule has 0 atom stereocenters. The Balaban J connectivity index is 0.00000288. The molecular formula is C15H18ClF3N4O. The standard InChI is InChI=1S/C15H17F3N4O.ClH/c1-10-13(14(23)20-7-3-6-19)9-21-22(10)12-5-2-4-11(8-12)15(16,17)18;/h2,4-5,8-9H,3,6-7,19H2,1H3,(H,20,23);1H. The molecule has 0 unspecified atom stereocenters. The fourth-order valence-corrected chi connectivity index (χ4v) is 2.11. The van der Waals surface area contributed by atoms with Crippen LogP contribution in [0, 0.1) is 6.92 Å². The van der Waals surface area contributed by atoms with Gasteiger partial charge in [0.25, 0.3) is 5.91 Å². The molecule has 0 fully saturated rings. The van der Waals surface area contributed by atoms with Gasteiger partial charge in [-0.2, -0.15) is 18.3 Å². The number of hydrogen-bond donors (Lipinski definition) is 2. The third-order valence-electron chi connectivity index (χ3n) is 3.34. The fraction of sp³-hybridized carbons (Fsp3) is 0.333. The molecule has 132 valence electrons. The van der Waals surface area contributed by atoms with Crippen molar-refractivity contribution >= 4 is 18.3 Å². The Kier molecular flexibility index (Phi) is 6.80. The smallest absolute Gasteiger partial charge is 0.352 e. The highest BCUT2D eigenvalue weighted by atomic mass is 35.5. The van der Waals surface area contributed by atoms with E-state index in [2.05, 4.69) is 10.4 Å². The molecule has 0 bridgehead atoms. The summed E-state index contributed by atoms with van der Waals surface area (Å²) >= 11 is 0. The highest BCUT2D eigenvalue weighted by Crippen LogP contribution is 2.30. The Morgan fingerprint density at radius 3 is 2.71 bits per heavy atom. The Bertz CT molecular complexity index is 700. The van der Waals surface area contributed by atoms with Crippen LogP contribution in [0.15, 0.2) is 30.5 Å². The summed E-state index contributed by atoms with van der Waals surface area (Å²) in [5.74, 6) is -0.325. The normalized spacial score (nSPS) is 11.0. The van der Waals surface area contributed by atoms with Crippen LogP contribution >= 0.6 is 12.4 Å². The van der Waals surface area contributed by atoms with Gasteiger partial charge in [-0.05, 0) is 38.1 Å². The third kappa shape index (κ3) is 4.48. The number of benzene rings is 1. The number of carbonyl (C=O) groups is 1. The maximum absolute atomic E-state index is 12.8. The monoisotopic (exact) mass is 362 g/mol. The summed E-state index contributed by atoms with van der Waals surface area (Å²) < 4.78 is 39.7. The third-order valence-corrected chi connectivity index (χ3v) is 3.34. The maximum Gasteiger partial charge on any atom is 0.416 e. The van der Waals surface area contributed by atoms with E-state index in [0.717, 1.165) is 12.1 Å². The first kappa shape index (κ1) is 20.0. The maximum atomic E-state index is 12.8. The Hall–Kier alpha value is -2.06. The molecule has 1 aromatic heterocycles. The predicted octanol–water partition coefficient (Wildman–Crippen LogP) is 2.70. The van der Waals surface area contributed by atoms with Crippen molar-refractivity contribution in [1.82, 2.24) is 15.1 Å². The molecular weight excluding hydrogens is 345 g/mol. The zero-order valence-electron chi connectivity index (χ0n) is 12.9. The van der Waals surface area contributed by atoms with Crippen molar-refractivity contribution in [1.29, 1.82) is 0 Å². The molecule has 2 aromatic rings. The van der Waals surface area contributed by atoms with E-state index in [4.69, 9.17) is 5.73 Å². The average Bonchev–Trinajstić information content (AvgIpc) is 2.88. The number of halogens is 4. The number of nitrogens with one attached hydrogen (secondary N) is 1. The van der Waals surface area contributed by atoms with Crippen molar-refractivity contribution in [3.63, 3.8) is 0 Å². The van der Waals surface area contributed by atoms with E-state index in [0.29, 0.717) is 30.8 Å². The number of aromatic nitrogens is 2. The van der Waals surface area contributed by atoms with Crippen LogP contribution in [0.1, 0.15) is 28.0 Å². The van der Waals surface area contributed by atoms with Crippen molar-refractivity contribution in [3.05, 3.63) is 47.3 Å². The molecule has 24 heavy (non-hydrogen) atoms. The van der Waals surface area contributed by atoms with Gasteiger partial charge in [0.2, 0.25) is 0 Å². The lowest BCUT2D eigenvalue weighted by molar-refractivity contribution is -0.137. The molecule has 1 aromatic carbocycles. The largest absolute Gasteiger partial charge is 0.416 e. The van der Waals surface area contributed by atoms with Gasteiger partial charge in [-0.3, -0.25) is 4.79 Å². The summed E-state index contributed by atoms with van der Waals surface area (Å²) in [7, 11) is 0. The quantitative estimate of drug-likeness (QED) is 0.803. The lowest BCUT2D eigenvalue weighted by Gasteiger charge is -2.10. The van der Waals surface area contributed by atoms with Crippen LogP contribution in [-0.2, 0) is 6.18 Å². The molecule has 3 N–H and O–H groups in total. The van der Waals surface area contributed by atoms with E-state index < -0.39 is 11.7 Å². The topological polar surface area (TPSA) is 72.9 Å². The molecule has 2 rings (SSSR count). The van der Waals surface area contributed by atoms with Gasteiger partial charge in [0.05, 0.1) is 28.7 Å². The van der Waals surface area contributed by atoms with E-state index in [1.165, 1.54) is 23.0 Å². The van der Waals surface area contributed by atoms with Crippen LogP contribution in [0.4, 0.5) is 13.2 Å². The van der Waals surface area contributed by atoms with Crippen LogP contribution in [0.25, 0.3) is 5.69 Å². The first-order valence-electron chi connectivity index (χ1n) is 7.05.